The van der Waals surface area contributed by atoms with Gasteiger partial charge in [-0.15, -0.1) is 0 Å². The predicted octanol–water partition coefficient (Wildman–Crippen LogP) is 3.28. The van der Waals surface area contributed by atoms with Crippen LogP contribution >= 0.6 is 0 Å². The molecule has 3 atom stereocenters. The summed E-state index contributed by atoms with van der Waals surface area (Å²) in [5, 5.41) is 19.1. The minimum Gasteiger partial charge on any atom is -0.475 e. The summed E-state index contributed by atoms with van der Waals surface area (Å²) in [6.45, 7) is 11.4. The van der Waals surface area contributed by atoms with E-state index in [1.807, 2.05) is 13.8 Å². The monoisotopic (exact) mass is 412 g/mol. The third-order valence-electron chi connectivity index (χ3n) is 5.11. The second-order valence-electron chi connectivity index (χ2n) is 7.61. The van der Waals surface area contributed by atoms with Crippen LogP contribution in [0.1, 0.15) is 48.3 Å². The fraction of sp³-hybridized carbons (Fsp3) is 0.409. The molecule has 3 rings (SSSR count). The predicted molar refractivity (Wildman–Crippen MR) is 108 cm³/mol. The van der Waals surface area contributed by atoms with Gasteiger partial charge in [0.2, 0.25) is 5.76 Å². The molecule has 0 radical (unpaired) electrons. The molecule has 1 aromatic heterocycles. The number of hydrogen-bond donors (Lipinski definition) is 2. The van der Waals surface area contributed by atoms with Crippen molar-refractivity contribution in [3.8, 4) is 0 Å². The first-order valence-corrected chi connectivity index (χ1v) is 9.69. The van der Waals surface area contributed by atoms with E-state index in [0.717, 1.165) is 5.56 Å². The molecule has 1 fully saturated rings. The lowest BCUT2D eigenvalue weighted by atomic mass is 9.99. The van der Waals surface area contributed by atoms with Crippen LogP contribution in [-0.4, -0.2) is 40.8 Å². The largest absolute Gasteiger partial charge is 0.475 e. The van der Waals surface area contributed by atoms with Crippen molar-refractivity contribution in [3.05, 3.63) is 64.9 Å². The number of anilines is 1. The molecule has 1 saturated heterocycles. The summed E-state index contributed by atoms with van der Waals surface area (Å²) in [7, 11) is 0. The highest BCUT2D eigenvalue weighted by atomic mass is 16.5. The van der Waals surface area contributed by atoms with Gasteiger partial charge in [0.1, 0.15) is 12.4 Å². The fourth-order valence-corrected chi connectivity index (χ4v) is 3.48. The van der Waals surface area contributed by atoms with Crippen LogP contribution < -0.4 is 4.90 Å². The summed E-state index contributed by atoms with van der Waals surface area (Å²) in [6.07, 6.45) is -0.246. The van der Waals surface area contributed by atoms with Crippen LogP contribution in [0.15, 0.2) is 40.8 Å². The van der Waals surface area contributed by atoms with Gasteiger partial charge in [0.15, 0.2) is 0 Å². The summed E-state index contributed by atoms with van der Waals surface area (Å²) >= 11 is 0. The number of hydrogen-bond acceptors (Lipinski definition) is 5. The maximum absolute atomic E-state index is 12.7. The van der Waals surface area contributed by atoms with Crippen LogP contribution in [0.3, 0.4) is 0 Å². The summed E-state index contributed by atoms with van der Waals surface area (Å²) in [4.78, 5) is 28.6. The number of aliphatic hydroxyl groups is 1. The van der Waals surface area contributed by atoms with Crippen LogP contribution in [0.5, 0.6) is 0 Å². The van der Waals surface area contributed by atoms with Gasteiger partial charge in [-0.3, -0.25) is 4.79 Å². The lowest BCUT2D eigenvalue weighted by Gasteiger charge is -2.24. The van der Waals surface area contributed by atoms with Gasteiger partial charge in [0.25, 0.3) is 0 Å². The number of carbonyl (C=O) groups is 2. The van der Waals surface area contributed by atoms with E-state index >= 15 is 0 Å². The molecule has 3 unspecified atom stereocenters. The molecule has 2 N–H and O–H groups in total. The Bertz CT molecular complexity index is 943. The minimum absolute atomic E-state index is 0.0635. The van der Waals surface area contributed by atoms with Crippen molar-refractivity contribution in [1.29, 1.82) is 0 Å². The van der Waals surface area contributed by atoms with Gasteiger partial charge in [-0.1, -0.05) is 26.0 Å². The lowest BCUT2D eigenvalue weighted by Crippen LogP contribution is -2.37. The summed E-state index contributed by atoms with van der Waals surface area (Å²) < 4.78 is 10.8. The SMILES string of the molecule is [C-]#[N+]C1CC(COCc2ccc(C(=O)O)o2)N(c2ccc(C(O)C(C)C)cc2)C1=O. The molecular formula is C22H24N2O6. The molecule has 8 nitrogen and oxygen atoms in total. The molecule has 158 valence electrons. The molecule has 0 bridgehead atoms. The first kappa shape index (κ1) is 21.6. The molecule has 1 aromatic carbocycles. The van der Waals surface area contributed by atoms with E-state index in [9.17, 15) is 14.7 Å². The smallest absolute Gasteiger partial charge is 0.371 e. The number of aliphatic hydroxyl groups excluding tert-OH is 1. The molecule has 1 aliphatic rings. The zero-order valence-corrected chi connectivity index (χ0v) is 16.8. The van der Waals surface area contributed by atoms with Crippen LogP contribution in [0, 0.1) is 12.5 Å². The Kier molecular flexibility index (Phi) is 6.55. The van der Waals surface area contributed by atoms with E-state index < -0.39 is 18.1 Å². The van der Waals surface area contributed by atoms with Crippen molar-refractivity contribution in [2.24, 2.45) is 5.92 Å². The average Bonchev–Trinajstić information content (AvgIpc) is 3.32. The van der Waals surface area contributed by atoms with Gasteiger partial charge in [0.05, 0.1) is 25.2 Å². The molecule has 1 amide bonds. The quantitative estimate of drug-likeness (QED) is 0.645. The molecule has 2 heterocycles. The Morgan fingerprint density at radius 2 is 2.00 bits per heavy atom. The van der Waals surface area contributed by atoms with Gasteiger partial charge in [-0.25, -0.2) is 11.4 Å². The van der Waals surface area contributed by atoms with Gasteiger partial charge < -0.3 is 29.1 Å². The molecule has 30 heavy (non-hydrogen) atoms. The lowest BCUT2D eigenvalue weighted by molar-refractivity contribution is -0.117. The Morgan fingerprint density at radius 3 is 2.57 bits per heavy atom. The number of carboxylic acid groups (broad SMARTS) is 1. The normalized spacial score (nSPS) is 19.8. The molecule has 2 aromatic rings. The molecule has 0 spiro atoms. The number of nitrogens with zero attached hydrogens (tertiary/aromatic N) is 2. The number of carbonyl (C=O) groups excluding carboxylic acids is 1. The van der Waals surface area contributed by atoms with Crippen molar-refractivity contribution >= 4 is 17.6 Å². The molecule has 8 heteroatoms. The first-order valence-electron chi connectivity index (χ1n) is 9.69. The molecule has 0 aliphatic carbocycles. The second-order valence-corrected chi connectivity index (χ2v) is 7.61. The Morgan fingerprint density at radius 1 is 1.30 bits per heavy atom. The van der Waals surface area contributed by atoms with Crippen LogP contribution in [0.2, 0.25) is 0 Å². The minimum atomic E-state index is -1.15. The third kappa shape index (κ3) is 4.53. The Hall–Kier alpha value is -3.15. The Balaban J connectivity index is 1.70. The first-order chi connectivity index (χ1) is 14.3. The van der Waals surface area contributed by atoms with Crippen LogP contribution in [-0.2, 0) is 16.1 Å². The number of benzene rings is 1. The van der Waals surface area contributed by atoms with E-state index in [1.54, 1.807) is 29.2 Å². The number of aromatic carboxylic acids is 1. The summed E-state index contributed by atoms with van der Waals surface area (Å²) in [6, 6.07) is 8.90. The van der Waals surface area contributed by atoms with Gasteiger partial charge in [0, 0.05) is 5.69 Å². The highest BCUT2D eigenvalue weighted by molar-refractivity contribution is 6.01. The van der Waals surface area contributed by atoms with Gasteiger partial charge >= 0.3 is 17.9 Å². The topological polar surface area (TPSA) is 105 Å². The van der Waals surface area contributed by atoms with Crippen LogP contribution in [0.25, 0.3) is 4.85 Å². The van der Waals surface area contributed by atoms with Crippen molar-refractivity contribution < 1.29 is 29.0 Å². The maximum Gasteiger partial charge on any atom is 0.371 e. The standard InChI is InChI=1S/C22H24N2O6/c1-13(2)20(25)14-4-6-15(7-5-14)24-16(10-18(23-3)21(24)26)11-29-12-17-8-9-19(30-17)22(27)28/h4-9,13,16,18,20,25H,10-12H2,1-2H3,(H,27,28). The number of carboxylic acids is 1. The molecule has 1 aliphatic heterocycles. The number of furan rings is 1. The number of ether oxygens (including phenoxy) is 1. The van der Waals surface area contributed by atoms with E-state index in [1.165, 1.54) is 12.1 Å². The van der Waals surface area contributed by atoms with E-state index in [4.69, 9.17) is 20.8 Å². The van der Waals surface area contributed by atoms with Gasteiger partial charge in [-0.2, -0.15) is 0 Å². The van der Waals surface area contributed by atoms with E-state index in [0.29, 0.717) is 17.9 Å². The molecular weight excluding hydrogens is 388 g/mol. The van der Waals surface area contributed by atoms with Crippen molar-refractivity contribution in [2.75, 3.05) is 11.5 Å². The molecule has 0 saturated carbocycles. The fourth-order valence-electron chi connectivity index (χ4n) is 3.48. The van der Waals surface area contributed by atoms with Crippen LogP contribution in [0.4, 0.5) is 5.69 Å². The number of amides is 1. The van der Waals surface area contributed by atoms with Crippen molar-refractivity contribution in [2.45, 2.75) is 45.1 Å². The van der Waals surface area contributed by atoms with Crippen molar-refractivity contribution in [1.82, 2.24) is 0 Å². The zero-order chi connectivity index (χ0) is 21.8. The van der Waals surface area contributed by atoms with E-state index in [-0.39, 0.29) is 36.8 Å². The van der Waals surface area contributed by atoms with Gasteiger partial charge in [-0.05, 0) is 35.7 Å². The Labute approximate surface area is 174 Å². The van der Waals surface area contributed by atoms with E-state index in [2.05, 4.69) is 4.85 Å². The highest BCUT2D eigenvalue weighted by Crippen LogP contribution is 2.31. The maximum atomic E-state index is 12.7. The highest BCUT2D eigenvalue weighted by Gasteiger charge is 2.44. The second kappa shape index (κ2) is 9.11. The number of rotatable bonds is 8. The zero-order valence-electron chi connectivity index (χ0n) is 16.8. The summed E-state index contributed by atoms with van der Waals surface area (Å²) in [5.41, 5.74) is 1.41. The summed E-state index contributed by atoms with van der Waals surface area (Å²) in [5.74, 6) is -1.15. The third-order valence-corrected chi connectivity index (χ3v) is 5.11. The van der Waals surface area contributed by atoms with Crippen molar-refractivity contribution in [3.63, 3.8) is 0 Å². The average molecular weight is 412 g/mol.